The quantitative estimate of drug-likeness (QED) is 0.0344. The zero-order valence-corrected chi connectivity index (χ0v) is 41.6. The van der Waals surface area contributed by atoms with Crippen molar-refractivity contribution in [3.05, 3.63) is 0 Å². The molecule has 0 aromatic rings. The highest BCUT2D eigenvalue weighted by Crippen LogP contribution is 2.18. The van der Waals surface area contributed by atoms with Crippen LogP contribution in [0.4, 0.5) is 0 Å². The molecular weight excluding hydrogens is 757 g/mol. The zero-order valence-electron chi connectivity index (χ0n) is 41.6. The van der Waals surface area contributed by atoms with E-state index >= 15 is 0 Å². The Labute approximate surface area is 380 Å². The minimum atomic E-state index is -0.761. The molecular formula is C55H106O6. The van der Waals surface area contributed by atoms with E-state index in [2.05, 4.69) is 27.7 Å². The summed E-state index contributed by atoms with van der Waals surface area (Å²) in [6, 6.07) is 0. The molecule has 0 saturated carbocycles. The number of carbonyl (C=O) groups excluding carboxylic acids is 3. The van der Waals surface area contributed by atoms with E-state index in [1.807, 2.05) is 0 Å². The average Bonchev–Trinajstić information content (AvgIpc) is 3.26. The summed E-state index contributed by atoms with van der Waals surface area (Å²) in [6.45, 7) is 9.06. The first kappa shape index (κ1) is 59.4. The predicted molar refractivity (Wildman–Crippen MR) is 261 cm³/mol. The van der Waals surface area contributed by atoms with Crippen molar-refractivity contribution in [3.63, 3.8) is 0 Å². The first-order valence-electron chi connectivity index (χ1n) is 27.4. The zero-order chi connectivity index (χ0) is 44.5. The van der Waals surface area contributed by atoms with Gasteiger partial charge in [0.15, 0.2) is 6.10 Å². The van der Waals surface area contributed by atoms with E-state index in [1.54, 1.807) is 0 Å². The molecule has 0 rings (SSSR count). The Kier molecular flexibility index (Phi) is 48.1. The molecule has 0 amide bonds. The number of hydrogen-bond acceptors (Lipinski definition) is 6. The molecule has 362 valence electrons. The van der Waals surface area contributed by atoms with Crippen LogP contribution < -0.4 is 0 Å². The standard InChI is InChI=1S/C55H106O6/c1-5-8-10-12-14-16-18-19-20-21-22-23-24-26-30-34-38-42-46-53(56)59-49-52(61-55(58)48-44-40-36-32-25-17-15-13-11-9-6-2)50-60-54(57)47-43-39-35-31-28-27-29-33-37-41-45-51(4)7-3/h51-52H,5-50H2,1-4H3/t51?,52-/m0/s1. The Bertz CT molecular complexity index is 920. The molecule has 0 bridgehead atoms. The van der Waals surface area contributed by atoms with Crippen molar-refractivity contribution in [1.29, 1.82) is 0 Å². The van der Waals surface area contributed by atoms with E-state index in [-0.39, 0.29) is 31.1 Å². The van der Waals surface area contributed by atoms with Gasteiger partial charge in [-0.2, -0.15) is 0 Å². The van der Waals surface area contributed by atoms with Crippen molar-refractivity contribution < 1.29 is 28.6 Å². The molecule has 0 N–H and O–H groups in total. The van der Waals surface area contributed by atoms with E-state index < -0.39 is 6.10 Å². The molecule has 6 nitrogen and oxygen atoms in total. The van der Waals surface area contributed by atoms with Crippen molar-refractivity contribution in [1.82, 2.24) is 0 Å². The summed E-state index contributed by atoms with van der Waals surface area (Å²) < 4.78 is 16.8. The van der Waals surface area contributed by atoms with Crippen LogP contribution >= 0.6 is 0 Å². The van der Waals surface area contributed by atoms with Crippen molar-refractivity contribution in [2.45, 2.75) is 316 Å². The first-order valence-corrected chi connectivity index (χ1v) is 27.4. The largest absolute Gasteiger partial charge is 0.462 e. The summed E-state index contributed by atoms with van der Waals surface area (Å²) in [6.07, 6.45) is 52.3. The van der Waals surface area contributed by atoms with Crippen molar-refractivity contribution in [2.75, 3.05) is 13.2 Å². The van der Waals surface area contributed by atoms with Gasteiger partial charge >= 0.3 is 17.9 Å². The summed E-state index contributed by atoms with van der Waals surface area (Å²) in [4.78, 5) is 38.0. The molecule has 0 spiro atoms. The maximum atomic E-state index is 12.8. The van der Waals surface area contributed by atoms with Gasteiger partial charge in [0.1, 0.15) is 13.2 Å². The molecule has 6 heteroatoms. The number of rotatable bonds is 50. The van der Waals surface area contributed by atoms with Crippen molar-refractivity contribution >= 4 is 17.9 Å². The molecule has 0 heterocycles. The number of hydrogen-bond donors (Lipinski definition) is 0. The summed E-state index contributed by atoms with van der Waals surface area (Å²) in [7, 11) is 0. The van der Waals surface area contributed by atoms with Gasteiger partial charge in [-0.05, 0) is 25.2 Å². The lowest BCUT2D eigenvalue weighted by molar-refractivity contribution is -0.167. The molecule has 0 aromatic carbocycles. The van der Waals surface area contributed by atoms with E-state index in [0.717, 1.165) is 63.7 Å². The van der Waals surface area contributed by atoms with Gasteiger partial charge in [-0.25, -0.2) is 0 Å². The van der Waals surface area contributed by atoms with Crippen molar-refractivity contribution in [2.24, 2.45) is 5.92 Å². The number of esters is 3. The molecule has 0 aliphatic rings. The number of carbonyl (C=O) groups is 3. The third kappa shape index (κ3) is 47.7. The van der Waals surface area contributed by atoms with Crippen LogP contribution in [0.1, 0.15) is 310 Å². The van der Waals surface area contributed by atoms with Gasteiger partial charge in [0, 0.05) is 19.3 Å². The molecule has 0 aliphatic heterocycles. The number of ether oxygens (including phenoxy) is 3. The van der Waals surface area contributed by atoms with Gasteiger partial charge in [0.05, 0.1) is 0 Å². The van der Waals surface area contributed by atoms with Crippen LogP contribution in [0.2, 0.25) is 0 Å². The third-order valence-electron chi connectivity index (χ3n) is 12.9. The van der Waals surface area contributed by atoms with Gasteiger partial charge in [-0.15, -0.1) is 0 Å². The maximum Gasteiger partial charge on any atom is 0.306 e. The molecule has 1 unspecified atom stereocenters. The smallest absolute Gasteiger partial charge is 0.306 e. The predicted octanol–water partition coefficient (Wildman–Crippen LogP) is 17.8. The lowest BCUT2D eigenvalue weighted by Gasteiger charge is -2.18. The summed E-state index contributed by atoms with van der Waals surface area (Å²) in [5.41, 5.74) is 0. The van der Waals surface area contributed by atoms with Crippen molar-refractivity contribution in [3.8, 4) is 0 Å². The normalized spacial score (nSPS) is 12.4. The highest BCUT2D eigenvalue weighted by Gasteiger charge is 2.19. The summed E-state index contributed by atoms with van der Waals surface area (Å²) in [5.74, 6) is 0.0280. The van der Waals surface area contributed by atoms with Crippen LogP contribution in [-0.4, -0.2) is 37.2 Å². The molecule has 0 aliphatic carbocycles. The van der Waals surface area contributed by atoms with E-state index in [1.165, 1.54) is 205 Å². The Hall–Kier alpha value is -1.59. The Morgan fingerprint density at radius 3 is 0.852 bits per heavy atom. The minimum absolute atomic E-state index is 0.0625. The molecule has 0 aromatic heterocycles. The molecule has 0 fully saturated rings. The average molecular weight is 863 g/mol. The highest BCUT2D eigenvalue weighted by molar-refractivity contribution is 5.71. The van der Waals surface area contributed by atoms with E-state index in [9.17, 15) is 14.4 Å². The summed E-state index contributed by atoms with van der Waals surface area (Å²) >= 11 is 0. The second-order valence-corrected chi connectivity index (χ2v) is 19.1. The molecule has 2 atom stereocenters. The number of unbranched alkanes of at least 4 members (excludes halogenated alkanes) is 36. The van der Waals surface area contributed by atoms with Crippen LogP contribution in [-0.2, 0) is 28.6 Å². The lowest BCUT2D eigenvalue weighted by atomic mass is 9.99. The Morgan fingerprint density at radius 1 is 0.328 bits per heavy atom. The van der Waals surface area contributed by atoms with Crippen LogP contribution in [0.15, 0.2) is 0 Å². The van der Waals surface area contributed by atoms with Gasteiger partial charge in [0.2, 0.25) is 0 Å². The first-order chi connectivity index (χ1) is 29.9. The van der Waals surface area contributed by atoms with Crippen LogP contribution in [0.3, 0.4) is 0 Å². The fourth-order valence-electron chi connectivity index (χ4n) is 8.36. The van der Waals surface area contributed by atoms with E-state index in [0.29, 0.717) is 19.3 Å². The Morgan fingerprint density at radius 2 is 0.574 bits per heavy atom. The van der Waals surface area contributed by atoms with E-state index in [4.69, 9.17) is 14.2 Å². The second-order valence-electron chi connectivity index (χ2n) is 19.1. The third-order valence-corrected chi connectivity index (χ3v) is 12.9. The monoisotopic (exact) mass is 863 g/mol. The fourth-order valence-corrected chi connectivity index (χ4v) is 8.36. The van der Waals surface area contributed by atoms with Gasteiger partial charge < -0.3 is 14.2 Å². The van der Waals surface area contributed by atoms with Crippen LogP contribution in [0.25, 0.3) is 0 Å². The van der Waals surface area contributed by atoms with Gasteiger partial charge in [-0.3, -0.25) is 14.4 Å². The fraction of sp³-hybridized carbons (Fsp3) is 0.945. The van der Waals surface area contributed by atoms with Crippen LogP contribution in [0.5, 0.6) is 0 Å². The lowest BCUT2D eigenvalue weighted by Crippen LogP contribution is -2.30. The second kappa shape index (κ2) is 49.4. The minimum Gasteiger partial charge on any atom is -0.462 e. The summed E-state index contributed by atoms with van der Waals surface area (Å²) in [5, 5.41) is 0. The molecule has 0 radical (unpaired) electrons. The maximum absolute atomic E-state index is 12.8. The highest BCUT2D eigenvalue weighted by atomic mass is 16.6. The SMILES string of the molecule is CCCCCCCCCCCCCCCCCCCCC(=O)OC[C@@H](COC(=O)CCCCCCCCCCCCC(C)CC)OC(=O)CCCCCCCCCCCCC. The van der Waals surface area contributed by atoms with Crippen LogP contribution in [0, 0.1) is 5.92 Å². The molecule has 0 saturated heterocycles. The molecule has 61 heavy (non-hydrogen) atoms. The Balaban J connectivity index is 4.26. The van der Waals surface area contributed by atoms with Gasteiger partial charge in [-0.1, -0.05) is 272 Å². The van der Waals surface area contributed by atoms with Gasteiger partial charge in [0.25, 0.3) is 0 Å². The topological polar surface area (TPSA) is 78.9 Å².